The number of hydrogen-bond donors (Lipinski definition) is 0. The molecule has 1 aliphatic rings. The molecular formula is C8H15ClO2. The molecule has 2 unspecified atom stereocenters. The van der Waals surface area contributed by atoms with Gasteiger partial charge in [-0.3, -0.25) is 0 Å². The first-order chi connectivity index (χ1) is 5.17. The topological polar surface area (TPSA) is 18.5 Å². The van der Waals surface area contributed by atoms with Crippen LogP contribution in [0, 0.1) is 5.92 Å². The van der Waals surface area contributed by atoms with Crippen LogP contribution in [0.25, 0.3) is 0 Å². The van der Waals surface area contributed by atoms with Gasteiger partial charge < -0.3 is 9.47 Å². The van der Waals surface area contributed by atoms with Crippen LogP contribution < -0.4 is 0 Å². The molecule has 2 atom stereocenters. The Morgan fingerprint density at radius 3 is 3.00 bits per heavy atom. The Labute approximate surface area is 72.8 Å². The first-order valence-electron chi connectivity index (χ1n) is 3.92. The first-order valence-corrected chi connectivity index (χ1v) is 4.30. The molecule has 0 aromatic heterocycles. The zero-order valence-electron chi connectivity index (χ0n) is 7.10. The molecule has 1 heterocycles. The van der Waals surface area contributed by atoms with Crippen molar-refractivity contribution in [2.24, 2.45) is 5.92 Å². The highest BCUT2D eigenvalue weighted by Crippen LogP contribution is 2.32. The van der Waals surface area contributed by atoms with Gasteiger partial charge in [0.15, 0.2) is 0 Å². The third-order valence-electron chi connectivity index (χ3n) is 2.27. The molecule has 3 heteroatoms. The summed E-state index contributed by atoms with van der Waals surface area (Å²) in [7, 11) is 1.70. The van der Waals surface area contributed by atoms with E-state index in [0.717, 1.165) is 19.6 Å². The summed E-state index contributed by atoms with van der Waals surface area (Å²) in [5.74, 6) is 0.336. The molecule has 1 aliphatic heterocycles. The number of halogens is 1. The average molecular weight is 179 g/mol. The molecule has 0 saturated carbocycles. The van der Waals surface area contributed by atoms with Crippen molar-refractivity contribution >= 4 is 11.6 Å². The Kier molecular flexibility index (Phi) is 3.16. The van der Waals surface area contributed by atoms with E-state index >= 15 is 0 Å². The predicted molar refractivity (Wildman–Crippen MR) is 45.1 cm³/mol. The normalized spacial score (nSPS) is 39.0. The van der Waals surface area contributed by atoms with Crippen LogP contribution in [0.2, 0.25) is 0 Å². The maximum absolute atomic E-state index is 6.26. The molecule has 1 saturated heterocycles. The lowest BCUT2D eigenvalue weighted by molar-refractivity contribution is -0.00137. The summed E-state index contributed by atoms with van der Waals surface area (Å²) in [5.41, 5.74) is 0. The van der Waals surface area contributed by atoms with Crippen molar-refractivity contribution in [1.29, 1.82) is 0 Å². The van der Waals surface area contributed by atoms with E-state index in [1.165, 1.54) is 0 Å². The fraction of sp³-hybridized carbons (Fsp3) is 1.00. The molecule has 11 heavy (non-hydrogen) atoms. The van der Waals surface area contributed by atoms with Gasteiger partial charge in [0.1, 0.15) is 0 Å². The Bertz CT molecular complexity index is 123. The lowest BCUT2D eigenvalue weighted by Crippen LogP contribution is -2.40. The van der Waals surface area contributed by atoms with Crippen LogP contribution in [-0.4, -0.2) is 31.8 Å². The van der Waals surface area contributed by atoms with Crippen molar-refractivity contribution < 1.29 is 9.47 Å². The Morgan fingerprint density at radius 2 is 2.45 bits per heavy atom. The van der Waals surface area contributed by atoms with Crippen molar-refractivity contribution in [3.05, 3.63) is 0 Å². The average Bonchev–Trinajstić information content (AvgIpc) is 1.94. The van der Waals surface area contributed by atoms with Crippen molar-refractivity contribution in [3.63, 3.8) is 0 Å². The van der Waals surface area contributed by atoms with E-state index in [0.29, 0.717) is 12.5 Å². The van der Waals surface area contributed by atoms with Gasteiger partial charge in [-0.1, -0.05) is 0 Å². The monoisotopic (exact) mass is 178 g/mol. The molecule has 1 rings (SSSR count). The Hall–Kier alpha value is 0.210. The lowest BCUT2D eigenvalue weighted by Gasteiger charge is -2.35. The van der Waals surface area contributed by atoms with Crippen LogP contribution in [0.3, 0.4) is 0 Å². The third-order valence-corrected chi connectivity index (χ3v) is 2.77. The molecule has 0 aromatic rings. The molecular weight excluding hydrogens is 164 g/mol. The molecule has 0 bridgehead atoms. The second kappa shape index (κ2) is 3.74. The van der Waals surface area contributed by atoms with E-state index < -0.39 is 0 Å². The molecule has 2 nitrogen and oxygen atoms in total. The van der Waals surface area contributed by atoms with Gasteiger partial charge in [0.25, 0.3) is 0 Å². The Balaban J connectivity index is 2.45. The minimum Gasteiger partial charge on any atom is -0.384 e. The third kappa shape index (κ3) is 2.32. The fourth-order valence-electron chi connectivity index (χ4n) is 1.30. The highest BCUT2D eigenvalue weighted by Gasteiger charge is 2.35. The lowest BCUT2D eigenvalue weighted by atomic mass is 9.90. The van der Waals surface area contributed by atoms with Crippen LogP contribution in [-0.2, 0) is 9.47 Å². The summed E-state index contributed by atoms with van der Waals surface area (Å²) < 4.78 is 10.4. The second-order valence-corrected chi connectivity index (χ2v) is 4.12. The van der Waals surface area contributed by atoms with Crippen molar-refractivity contribution in [2.45, 2.75) is 18.2 Å². The summed E-state index contributed by atoms with van der Waals surface area (Å²) in [6, 6.07) is 0. The number of alkyl halides is 1. The standard InChI is InChI=1S/C8H15ClO2/c1-8(9)3-4-11-6-7(8)5-10-2/h7H,3-6H2,1-2H3. The number of hydrogen-bond acceptors (Lipinski definition) is 2. The van der Waals surface area contributed by atoms with E-state index in [1.807, 2.05) is 0 Å². The highest BCUT2D eigenvalue weighted by atomic mass is 35.5. The number of rotatable bonds is 2. The quantitative estimate of drug-likeness (QED) is 0.599. The maximum atomic E-state index is 6.26. The van der Waals surface area contributed by atoms with Crippen LogP contribution in [0.5, 0.6) is 0 Å². The van der Waals surface area contributed by atoms with Gasteiger partial charge in [-0.15, -0.1) is 11.6 Å². The Morgan fingerprint density at radius 1 is 1.73 bits per heavy atom. The van der Waals surface area contributed by atoms with Gasteiger partial charge >= 0.3 is 0 Å². The molecule has 0 aromatic carbocycles. The summed E-state index contributed by atoms with van der Waals surface area (Å²) >= 11 is 6.26. The van der Waals surface area contributed by atoms with E-state index in [2.05, 4.69) is 6.92 Å². The molecule has 0 radical (unpaired) electrons. The van der Waals surface area contributed by atoms with Crippen LogP contribution in [0.4, 0.5) is 0 Å². The van der Waals surface area contributed by atoms with Gasteiger partial charge in [-0.05, 0) is 13.3 Å². The van der Waals surface area contributed by atoms with Crippen molar-refractivity contribution in [3.8, 4) is 0 Å². The van der Waals surface area contributed by atoms with Gasteiger partial charge in [0.2, 0.25) is 0 Å². The first kappa shape index (κ1) is 9.30. The predicted octanol–water partition coefficient (Wildman–Crippen LogP) is 1.67. The minimum atomic E-state index is -0.131. The van der Waals surface area contributed by atoms with E-state index in [1.54, 1.807) is 7.11 Å². The summed E-state index contributed by atoms with van der Waals surface area (Å²) in [4.78, 5) is -0.131. The van der Waals surface area contributed by atoms with Gasteiger partial charge in [-0.25, -0.2) is 0 Å². The van der Waals surface area contributed by atoms with Crippen LogP contribution >= 0.6 is 11.6 Å². The fourth-order valence-corrected chi connectivity index (χ4v) is 1.50. The molecule has 0 N–H and O–H groups in total. The zero-order chi connectivity index (χ0) is 8.32. The molecule has 0 aliphatic carbocycles. The summed E-state index contributed by atoms with van der Waals surface area (Å²) in [5, 5.41) is 0. The SMILES string of the molecule is COCC1COCCC1(C)Cl. The van der Waals surface area contributed by atoms with Crippen molar-refractivity contribution in [1.82, 2.24) is 0 Å². The van der Waals surface area contributed by atoms with Crippen molar-refractivity contribution in [2.75, 3.05) is 26.9 Å². The van der Waals surface area contributed by atoms with Gasteiger partial charge in [0.05, 0.1) is 18.1 Å². The smallest absolute Gasteiger partial charge is 0.0533 e. The number of ether oxygens (including phenoxy) is 2. The maximum Gasteiger partial charge on any atom is 0.0533 e. The molecule has 0 amide bonds. The minimum absolute atomic E-state index is 0.131. The van der Waals surface area contributed by atoms with Crippen LogP contribution in [0.1, 0.15) is 13.3 Å². The van der Waals surface area contributed by atoms with E-state index in [-0.39, 0.29) is 4.87 Å². The molecule has 1 fully saturated rings. The largest absolute Gasteiger partial charge is 0.384 e. The molecule has 66 valence electrons. The summed E-state index contributed by atoms with van der Waals surface area (Å²) in [6.45, 7) is 4.26. The number of methoxy groups -OCH3 is 1. The van der Waals surface area contributed by atoms with Gasteiger partial charge in [-0.2, -0.15) is 0 Å². The molecule has 0 spiro atoms. The van der Waals surface area contributed by atoms with E-state index in [4.69, 9.17) is 21.1 Å². The van der Waals surface area contributed by atoms with E-state index in [9.17, 15) is 0 Å². The van der Waals surface area contributed by atoms with Gasteiger partial charge in [0, 0.05) is 19.6 Å². The zero-order valence-corrected chi connectivity index (χ0v) is 7.86. The van der Waals surface area contributed by atoms with Crippen LogP contribution in [0.15, 0.2) is 0 Å². The second-order valence-electron chi connectivity index (χ2n) is 3.26. The highest BCUT2D eigenvalue weighted by molar-refractivity contribution is 6.23. The summed E-state index contributed by atoms with van der Waals surface area (Å²) in [6.07, 6.45) is 0.919.